The van der Waals surface area contributed by atoms with E-state index in [2.05, 4.69) is 35.0 Å². The topological polar surface area (TPSA) is 59.2 Å². The van der Waals surface area contributed by atoms with Crippen molar-refractivity contribution in [2.45, 2.75) is 45.2 Å². The zero-order chi connectivity index (χ0) is 15.5. The van der Waals surface area contributed by atoms with E-state index in [1.165, 1.54) is 29.4 Å². The number of carbonyl (C=O) groups excluding carboxylic acids is 1. The third kappa shape index (κ3) is 3.12. The van der Waals surface area contributed by atoms with Crippen LogP contribution in [0.4, 0.5) is 0 Å². The van der Waals surface area contributed by atoms with E-state index >= 15 is 0 Å². The predicted octanol–water partition coefficient (Wildman–Crippen LogP) is 2.77. The van der Waals surface area contributed by atoms with E-state index in [-0.39, 0.29) is 11.9 Å². The predicted molar refractivity (Wildman–Crippen MR) is 88.3 cm³/mol. The third-order valence-corrected chi connectivity index (χ3v) is 4.68. The van der Waals surface area contributed by atoms with Gasteiger partial charge in [0, 0.05) is 30.6 Å². The Morgan fingerprint density at radius 1 is 1.36 bits per heavy atom. The largest absolute Gasteiger partial charge is 0.370 e. The summed E-state index contributed by atoms with van der Waals surface area (Å²) in [4.78, 5) is 18.2. The van der Waals surface area contributed by atoms with E-state index in [1.54, 1.807) is 0 Å². The lowest BCUT2D eigenvalue weighted by Crippen LogP contribution is -2.41. The zero-order valence-electron chi connectivity index (χ0n) is 13.1. The number of benzene rings is 1. The number of rotatable bonds is 4. The van der Waals surface area contributed by atoms with E-state index in [9.17, 15) is 4.79 Å². The molecule has 1 aromatic heterocycles. The maximum absolute atomic E-state index is 11.3. The Hall–Kier alpha value is -1.94. The van der Waals surface area contributed by atoms with E-state index in [4.69, 9.17) is 5.73 Å². The first-order chi connectivity index (χ1) is 10.6. The van der Waals surface area contributed by atoms with Crippen molar-refractivity contribution in [3.05, 3.63) is 41.6 Å². The number of hydrogen-bond donors (Lipinski definition) is 1. The first-order valence-electron chi connectivity index (χ1n) is 8.00. The molecule has 4 heteroatoms. The van der Waals surface area contributed by atoms with Gasteiger partial charge < -0.3 is 5.73 Å². The molecule has 0 aliphatic carbocycles. The molecule has 0 radical (unpaired) electrons. The standard InChI is InChI=1S/C18H23N3O/c1-13-7-8-17-15(6-4-9-20-17)16(13)12-21-10-3-2-5-14(21)11-18(19)22/h4,6-9,14H,2-3,5,10-12H2,1H3,(H2,19,22)/t14-/m0/s1. The molecule has 116 valence electrons. The molecule has 1 saturated heterocycles. The smallest absolute Gasteiger partial charge is 0.218 e. The SMILES string of the molecule is Cc1ccc2ncccc2c1CN1CCCC[C@H]1CC(N)=O. The summed E-state index contributed by atoms with van der Waals surface area (Å²) in [5, 5.41) is 1.21. The molecule has 0 saturated carbocycles. The maximum atomic E-state index is 11.3. The number of nitrogens with zero attached hydrogens (tertiary/aromatic N) is 2. The van der Waals surface area contributed by atoms with Crippen molar-refractivity contribution in [1.29, 1.82) is 0 Å². The molecular formula is C18H23N3O. The Morgan fingerprint density at radius 2 is 2.23 bits per heavy atom. The quantitative estimate of drug-likeness (QED) is 0.944. The molecule has 2 N–H and O–H groups in total. The van der Waals surface area contributed by atoms with Crippen LogP contribution in [0.1, 0.15) is 36.8 Å². The Morgan fingerprint density at radius 3 is 3.05 bits per heavy atom. The van der Waals surface area contributed by atoms with Gasteiger partial charge in [-0.3, -0.25) is 14.7 Å². The van der Waals surface area contributed by atoms with Crippen LogP contribution < -0.4 is 5.73 Å². The number of piperidine rings is 1. The van der Waals surface area contributed by atoms with Gasteiger partial charge in [0.2, 0.25) is 5.91 Å². The normalized spacial score (nSPS) is 19.4. The lowest BCUT2D eigenvalue weighted by atomic mass is 9.96. The minimum Gasteiger partial charge on any atom is -0.370 e. The molecule has 3 rings (SSSR count). The van der Waals surface area contributed by atoms with Crippen LogP contribution in [0.3, 0.4) is 0 Å². The molecule has 1 aromatic carbocycles. The van der Waals surface area contributed by atoms with Gasteiger partial charge in [-0.2, -0.15) is 0 Å². The first kappa shape index (κ1) is 15.0. The molecule has 1 atom stereocenters. The molecule has 1 aliphatic heterocycles. The number of aromatic nitrogens is 1. The number of carbonyl (C=O) groups is 1. The van der Waals surface area contributed by atoms with Crippen molar-refractivity contribution in [2.24, 2.45) is 5.73 Å². The van der Waals surface area contributed by atoms with Gasteiger partial charge in [-0.05, 0) is 49.6 Å². The zero-order valence-corrected chi connectivity index (χ0v) is 13.1. The van der Waals surface area contributed by atoms with Crippen LogP contribution in [-0.4, -0.2) is 28.4 Å². The number of hydrogen-bond acceptors (Lipinski definition) is 3. The molecular weight excluding hydrogens is 274 g/mol. The van der Waals surface area contributed by atoms with Crippen molar-refractivity contribution in [1.82, 2.24) is 9.88 Å². The van der Waals surface area contributed by atoms with Gasteiger partial charge in [-0.25, -0.2) is 0 Å². The maximum Gasteiger partial charge on any atom is 0.218 e. The summed E-state index contributed by atoms with van der Waals surface area (Å²) < 4.78 is 0. The van der Waals surface area contributed by atoms with E-state index in [1.807, 2.05) is 12.3 Å². The highest BCUT2D eigenvalue weighted by Gasteiger charge is 2.24. The third-order valence-electron chi connectivity index (χ3n) is 4.68. The molecule has 22 heavy (non-hydrogen) atoms. The van der Waals surface area contributed by atoms with Gasteiger partial charge in [0.05, 0.1) is 5.52 Å². The molecule has 0 unspecified atom stereocenters. The van der Waals surface area contributed by atoms with Crippen LogP contribution in [0.2, 0.25) is 0 Å². The Labute approximate surface area is 131 Å². The summed E-state index contributed by atoms with van der Waals surface area (Å²) >= 11 is 0. The fraction of sp³-hybridized carbons (Fsp3) is 0.444. The van der Waals surface area contributed by atoms with Gasteiger partial charge in [0.1, 0.15) is 0 Å². The summed E-state index contributed by atoms with van der Waals surface area (Å²) in [6.45, 7) is 4.05. The second-order valence-electron chi connectivity index (χ2n) is 6.22. The second-order valence-corrected chi connectivity index (χ2v) is 6.22. The van der Waals surface area contributed by atoms with Gasteiger partial charge in [-0.15, -0.1) is 0 Å². The first-order valence-corrected chi connectivity index (χ1v) is 8.00. The van der Waals surface area contributed by atoms with Crippen LogP contribution in [0.15, 0.2) is 30.5 Å². The van der Waals surface area contributed by atoms with Crippen molar-refractivity contribution in [3.8, 4) is 0 Å². The molecule has 1 amide bonds. The number of pyridine rings is 1. The Bertz CT molecular complexity index is 683. The van der Waals surface area contributed by atoms with Gasteiger partial charge >= 0.3 is 0 Å². The van der Waals surface area contributed by atoms with Crippen LogP contribution in [-0.2, 0) is 11.3 Å². The molecule has 0 spiro atoms. The molecule has 2 aromatic rings. The van der Waals surface area contributed by atoms with E-state index < -0.39 is 0 Å². The average Bonchev–Trinajstić information content (AvgIpc) is 2.51. The minimum absolute atomic E-state index is 0.201. The van der Waals surface area contributed by atoms with Gasteiger partial charge in [0.25, 0.3) is 0 Å². The molecule has 4 nitrogen and oxygen atoms in total. The van der Waals surface area contributed by atoms with Crippen LogP contribution in [0.25, 0.3) is 10.9 Å². The summed E-state index contributed by atoms with van der Waals surface area (Å²) in [6, 6.07) is 8.61. The second kappa shape index (κ2) is 6.44. The number of fused-ring (bicyclic) bond motifs is 1. The fourth-order valence-corrected chi connectivity index (χ4v) is 3.47. The van der Waals surface area contributed by atoms with Crippen molar-refractivity contribution in [3.63, 3.8) is 0 Å². The number of nitrogens with two attached hydrogens (primary N) is 1. The highest BCUT2D eigenvalue weighted by atomic mass is 16.1. The lowest BCUT2D eigenvalue weighted by molar-refractivity contribution is -0.119. The minimum atomic E-state index is -0.201. The fourth-order valence-electron chi connectivity index (χ4n) is 3.47. The van der Waals surface area contributed by atoms with Crippen LogP contribution in [0, 0.1) is 6.92 Å². The summed E-state index contributed by atoms with van der Waals surface area (Å²) in [6.07, 6.45) is 5.73. The lowest BCUT2D eigenvalue weighted by Gasteiger charge is -2.35. The summed E-state index contributed by atoms with van der Waals surface area (Å²) in [5.41, 5.74) is 9.06. The van der Waals surface area contributed by atoms with Crippen molar-refractivity contribution >= 4 is 16.8 Å². The number of primary amides is 1. The Balaban J connectivity index is 1.91. The molecule has 2 heterocycles. The number of amides is 1. The highest BCUT2D eigenvalue weighted by Crippen LogP contribution is 2.26. The van der Waals surface area contributed by atoms with Crippen LogP contribution in [0.5, 0.6) is 0 Å². The van der Waals surface area contributed by atoms with Gasteiger partial charge in [-0.1, -0.05) is 18.6 Å². The molecule has 0 bridgehead atoms. The summed E-state index contributed by atoms with van der Waals surface area (Å²) in [7, 11) is 0. The van der Waals surface area contributed by atoms with Crippen molar-refractivity contribution < 1.29 is 4.79 Å². The number of likely N-dealkylation sites (tertiary alicyclic amines) is 1. The van der Waals surface area contributed by atoms with E-state index in [0.29, 0.717) is 6.42 Å². The van der Waals surface area contributed by atoms with Crippen LogP contribution >= 0.6 is 0 Å². The molecule has 1 fully saturated rings. The monoisotopic (exact) mass is 297 g/mol. The molecule has 1 aliphatic rings. The van der Waals surface area contributed by atoms with E-state index in [0.717, 1.165) is 25.0 Å². The Kier molecular flexibility index (Phi) is 4.39. The number of aryl methyl sites for hydroxylation is 1. The van der Waals surface area contributed by atoms with Gasteiger partial charge in [0.15, 0.2) is 0 Å². The summed E-state index contributed by atoms with van der Waals surface area (Å²) in [5.74, 6) is -0.201. The average molecular weight is 297 g/mol. The highest BCUT2D eigenvalue weighted by molar-refractivity contribution is 5.83. The van der Waals surface area contributed by atoms with Crippen molar-refractivity contribution in [2.75, 3.05) is 6.54 Å².